The van der Waals surface area contributed by atoms with Crippen LogP contribution in [0.2, 0.25) is 0 Å². The molecule has 2 aromatic carbocycles. The molecular formula is C23H35N2O8S+. The van der Waals surface area contributed by atoms with E-state index in [2.05, 4.69) is 22.3 Å². The molecule has 0 aliphatic heterocycles. The van der Waals surface area contributed by atoms with Crippen LogP contribution in [-0.2, 0) is 25.4 Å². The lowest BCUT2D eigenvalue weighted by molar-refractivity contribution is -0.879. The van der Waals surface area contributed by atoms with Crippen molar-refractivity contribution in [2.45, 2.75) is 32.8 Å². The number of hydrogen-bond donors (Lipinski definition) is 1. The van der Waals surface area contributed by atoms with Crippen LogP contribution in [0.25, 0.3) is 0 Å². The molecule has 1 N–H and O–H groups in total. The van der Waals surface area contributed by atoms with Crippen LogP contribution in [0.1, 0.15) is 31.7 Å². The van der Waals surface area contributed by atoms with Crippen LogP contribution in [0.15, 0.2) is 48.5 Å². The summed E-state index contributed by atoms with van der Waals surface area (Å²) in [6.45, 7) is 4.91. The van der Waals surface area contributed by atoms with E-state index in [0.717, 1.165) is 32.9 Å². The van der Waals surface area contributed by atoms with E-state index in [1.165, 1.54) is 30.2 Å². The van der Waals surface area contributed by atoms with Gasteiger partial charge in [-0.25, -0.2) is 0 Å². The Morgan fingerprint density at radius 2 is 1.65 bits per heavy atom. The van der Waals surface area contributed by atoms with E-state index < -0.39 is 15.3 Å². The molecule has 0 saturated carbocycles. The molecule has 0 bridgehead atoms. The fourth-order valence-corrected chi connectivity index (χ4v) is 2.93. The molecule has 0 heterocycles. The number of nitrogens with one attached hydrogen (secondary N) is 1. The number of rotatable bonds is 14. The van der Waals surface area contributed by atoms with E-state index >= 15 is 0 Å². The lowest BCUT2D eigenvalue weighted by Gasteiger charge is -2.15. The molecule has 34 heavy (non-hydrogen) atoms. The number of quaternary nitrogens is 1. The molecule has 0 spiro atoms. The van der Waals surface area contributed by atoms with Gasteiger partial charge >= 0.3 is 16.1 Å². The van der Waals surface area contributed by atoms with Gasteiger partial charge in [-0.05, 0) is 24.5 Å². The zero-order chi connectivity index (χ0) is 25.4. The third-order valence-corrected chi connectivity index (χ3v) is 5.59. The highest BCUT2D eigenvalue weighted by molar-refractivity contribution is 7.81. The first-order chi connectivity index (χ1) is 16.2. The molecule has 1 atom stereocenters. The number of ether oxygens (including phenoxy) is 2. The van der Waals surface area contributed by atoms with E-state index in [1.54, 1.807) is 12.1 Å². The third-order valence-electron chi connectivity index (χ3n) is 4.78. The lowest BCUT2D eigenvalue weighted by atomic mass is 10.2. The van der Waals surface area contributed by atoms with E-state index in [9.17, 15) is 18.5 Å². The van der Waals surface area contributed by atoms with Crippen LogP contribution >= 0.6 is 0 Å². The van der Waals surface area contributed by atoms with Crippen molar-refractivity contribution in [3.8, 4) is 11.5 Å². The molecule has 2 rings (SSSR count). The van der Waals surface area contributed by atoms with E-state index in [0.29, 0.717) is 19.0 Å². The Hall–Kier alpha value is -2.73. The maximum atomic E-state index is 11.3. The highest BCUT2D eigenvalue weighted by Gasteiger charge is 2.17. The predicted octanol–water partition coefficient (Wildman–Crippen LogP) is 2.78. The van der Waals surface area contributed by atoms with Crippen LogP contribution in [0.4, 0.5) is 5.69 Å². The van der Waals surface area contributed by atoms with Crippen LogP contribution in [0.3, 0.4) is 0 Å². The Bertz CT molecular complexity index is 945. The maximum Gasteiger partial charge on any atom is 0.399 e. The summed E-state index contributed by atoms with van der Waals surface area (Å²) in [6, 6.07) is 14.4. The molecule has 0 radical (unpaired) electrons. The molecule has 0 aliphatic rings. The summed E-state index contributed by atoms with van der Waals surface area (Å²) in [7, 11) is 0.514. The minimum Gasteiger partial charge on any atom is -0.489 e. The number of hydrogen-bond acceptors (Lipinski definition) is 8. The second kappa shape index (κ2) is 16.0. The molecule has 190 valence electrons. The standard InChI is InChI=1S/C21H28N2O4.C2H6O4S/c1-3-4-8-13-22(2)14-15-26-21-16-19(11-12-20(21)23(24)25)27-17-18-9-6-5-7-10-18;1-5-7(3,4)6-2/h5-7,9-12,16H,3-4,8,13-15,17H2,1-2H3;1-2H3/p+1. The quantitative estimate of drug-likeness (QED) is 0.239. The number of nitrogens with zero attached hydrogens (tertiary/aromatic N) is 1. The Kier molecular flexibility index (Phi) is 13.8. The summed E-state index contributed by atoms with van der Waals surface area (Å²) in [5, 5.41) is 11.3. The first-order valence-electron chi connectivity index (χ1n) is 11.0. The Balaban J connectivity index is 0.000000718. The average molecular weight is 500 g/mol. The van der Waals surface area contributed by atoms with Crippen LogP contribution in [0, 0.1) is 10.1 Å². The number of nitro benzene ring substituents is 1. The molecular weight excluding hydrogens is 464 g/mol. The van der Waals surface area contributed by atoms with Crippen LogP contribution in [-0.4, -0.2) is 54.3 Å². The SMILES string of the molecule is CCCCC[NH+](C)CCOc1cc(OCc2ccccc2)ccc1[N+](=O)[O-].COS(=O)(=O)OC. The van der Waals surface area contributed by atoms with Gasteiger partial charge in [0.2, 0.25) is 5.75 Å². The van der Waals surface area contributed by atoms with Gasteiger partial charge in [-0.3, -0.25) is 18.5 Å². The zero-order valence-corrected chi connectivity index (χ0v) is 21.0. The summed E-state index contributed by atoms with van der Waals surface area (Å²) in [4.78, 5) is 12.2. The minimum atomic E-state index is -3.66. The fourth-order valence-electron chi connectivity index (χ4n) is 2.80. The van der Waals surface area contributed by atoms with Crippen molar-refractivity contribution in [2.75, 3.05) is 41.0 Å². The molecule has 2 aromatic rings. The van der Waals surface area contributed by atoms with Gasteiger partial charge in [-0.2, -0.15) is 8.42 Å². The molecule has 0 amide bonds. The summed E-state index contributed by atoms with van der Waals surface area (Å²) in [5.74, 6) is 0.815. The number of likely N-dealkylation sites (N-methyl/N-ethyl adjacent to an activating group) is 1. The van der Waals surface area contributed by atoms with Gasteiger partial charge < -0.3 is 14.4 Å². The van der Waals surface area contributed by atoms with Crippen molar-refractivity contribution < 1.29 is 36.1 Å². The first kappa shape index (κ1) is 29.3. The first-order valence-corrected chi connectivity index (χ1v) is 12.3. The highest BCUT2D eigenvalue weighted by atomic mass is 32.3. The zero-order valence-electron chi connectivity index (χ0n) is 20.2. The summed E-state index contributed by atoms with van der Waals surface area (Å²) < 4.78 is 39.0. The van der Waals surface area contributed by atoms with Gasteiger partial charge in [0.15, 0.2) is 0 Å². The van der Waals surface area contributed by atoms with Crippen molar-refractivity contribution in [1.82, 2.24) is 0 Å². The van der Waals surface area contributed by atoms with E-state index in [4.69, 9.17) is 9.47 Å². The van der Waals surface area contributed by atoms with Gasteiger partial charge in [-0.15, -0.1) is 0 Å². The highest BCUT2D eigenvalue weighted by Crippen LogP contribution is 2.31. The second-order valence-corrected chi connectivity index (χ2v) is 8.90. The van der Waals surface area contributed by atoms with Gasteiger partial charge in [0, 0.05) is 12.1 Å². The largest absolute Gasteiger partial charge is 0.489 e. The Morgan fingerprint density at radius 1 is 0.971 bits per heavy atom. The van der Waals surface area contributed by atoms with E-state index in [1.807, 2.05) is 30.3 Å². The number of unbranched alkanes of at least 4 members (excludes halogenated alkanes) is 2. The monoisotopic (exact) mass is 499 g/mol. The topological polar surface area (TPSA) is 119 Å². The predicted molar refractivity (Wildman–Crippen MR) is 128 cm³/mol. The summed E-state index contributed by atoms with van der Waals surface area (Å²) in [6.07, 6.45) is 3.61. The molecule has 11 heteroatoms. The fraction of sp³-hybridized carbons (Fsp3) is 0.478. The molecule has 0 fully saturated rings. The average Bonchev–Trinajstić information content (AvgIpc) is 2.84. The summed E-state index contributed by atoms with van der Waals surface area (Å²) >= 11 is 0. The Morgan fingerprint density at radius 3 is 2.21 bits per heavy atom. The normalized spacial score (nSPS) is 11.8. The molecule has 0 aromatic heterocycles. The lowest BCUT2D eigenvalue weighted by Crippen LogP contribution is -3.09. The van der Waals surface area contributed by atoms with Gasteiger partial charge in [0.1, 0.15) is 25.5 Å². The van der Waals surface area contributed by atoms with Crippen LogP contribution in [0.5, 0.6) is 11.5 Å². The molecule has 0 saturated heterocycles. The van der Waals surface area contributed by atoms with Gasteiger partial charge in [-0.1, -0.05) is 43.7 Å². The second-order valence-electron chi connectivity index (χ2n) is 7.42. The minimum absolute atomic E-state index is 0.0364. The summed E-state index contributed by atoms with van der Waals surface area (Å²) in [5.41, 5.74) is 1.00. The number of benzene rings is 2. The smallest absolute Gasteiger partial charge is 0.399 e. The van der Waals surface area contributed by atoms with Crippen molar-refractivity contribution in [3.63, 3.8) is 0 Å². The van der Waals surface area contributed by atoms with Crippen molar-refractivity contribution in [3.05, 3.63) is 64.2 Å². The maximum absolute atomic E-state index is 11.3. The van der Waals surface area contributed by atoms with Gasteiger partial charge in [0.05, 0.1) is 32.7 Å². The van der Waals surface area contributed by atoms with Gasteiger partial charge in [0.25, 0.3) is 0 Å². The molecule has 0 aliphatic carbocycles. The Labute approximate surface area is 201 Å². The molecule has 1 unspecified atom stereocenters. The van der Waals surface area contributed by atoms with Crippen molar-refractivity contribution in [1.29, 1.82) is 0 Å². The van der Waals surface area contributed by atoms with Crippen molar-refractivity contribution in [2.24, 2.45) is 0 Å². The third kappa shape index (κ3) is 11.9. The van der Waals surface area contributed by atoms with E-state index in [-0.39, 0.29) is 11.4 Å². The number of nitro groups is 1. The van der Waals surface area contributed by atoms with Crippen molar-refractivity contribution >= 4 is 16.1 Å². The van der Waals surface area contributed by atoms with Crippen LogP contribution < -0.4 is 14.4 Å². The molecule has 10 nitrogen and oxygen atoms in total.